The summed E-state index contributed by atoms with van der Waals surface area (Å²) in [7, 11) is 0. The summed E-state index contributed by atoms with van der Waals surface area (Å²) in [6, 6.07) is 19.0. The third-order valence-corrected chi connectivity index (χ3v) is 6.83. The van der Waals surface area contributed by atoms with Gasteiger partial charge in [0, 0.05) is 24.5 Å². The number of anilines is 1. The smallest absolute Gasteiger partial charge is 0.233 e. The van der Waals surface area contributed by atoms with Crippen molar-refractivity contribution in [3.8, 4) is 0 Å². The quantitative estimate of drug-likeness (QED) is 0.678. The normalized spacial score (nSPS) is 17.2. The molecule has 0 bridgehead atoms. The van der Waals surface area contributed by atoms with Gasteiger partial charge in [-0.3, -0.25) is 4.79 Å². The fourth-order valence-electron chi connectivity index (χ4n) is 3.53. The summed E-state index contributed by atoms with van der Waals surface area (Å²) in [4.78, 5) is 15.0. The van der Waals surface area contributed by atoms with Crippen molar-refractivity contribution in [3.05, 3.63) is 65.7 Å². The highest BCUT2D eigenvalue weighted by molar-refractivity contribution is 7.99. The van der Waals surface area contributed by atoms with E-state index >= 15 is 0 Å². The molecular formula is C24H32N2OS. The maximum Gasteiger partial charge on any atom is 0.233 e. The van der Waals surface area contributed by atoms with Crippen LogP contribution in [0, 0.1) is 5.92 Å². The van der Waals surface area contributed by atoms with E-state index in [1.165, 1.54) is 24.1 Å². The summed E-state index contributed by atoms with van der Waals surface area (Å²) in [6.45, 7) is 8.66. The van der Waals surface area contributed by atoms with Gasteiger partial charge in [0.25, 0.3) is 0 Å². The zero-order chi connectivity index (χ0) is 19.9. The third-order valence-electron chi connectivity index (χ3n) is 5.61. The van der Waals surface area contributed by atoms with E-state index in [2.05, 4.69) is 60.5 Å². The Balaban J connectivity index is 1.49. The molecule has 2 unspecified atom stereocenters. The molecule has 1 heterocycles. The molecule has 1 N–H and O–H groups in total. The Hall–Kier alpha value is -1.94. The predicted octanol–water partition coefficient (Wildman–Crippen LogP) is 5.42. The van der Waals surface area contributed by atoms with Crippen LogP contribution in [0.15, 0.2) is 54.6 Å². The number of thioether (sulfide) groups is 1. The highest BCUT2D eigenvalue weighted by Gasteiger charge is 2.18. The van der Waals surface area contributed by atoms with Crippen LogP contribution in [0.2, 0.25) is 0 Å². The van der Waals surface area contributed by atoms with Crippen LogP contribution in [-0.4, -0.2) is 24.2 Å². The second-order valence-corrected chi connectivity index (χ2v) is 9.26. The molecule has 1 aliphatic rings. The number of carbonyl (C=O) groups is 1. The lowest BCUT2D eigenvalue weighted by molar-refractivity contribution is -0.120. The molecule has 0 saturated carbocycles. The van der Waals surface area contributed by atoms with E-state index in [0.29, 0.717) is 0 Å². The molecule has 150 valence electrons. The summed E-state index contributed by atoms with van der Waals surface area (Å²) in [6.07, 6.45) is 2.54. The molecule has 2 atom stereocenters. The van der Waals surface area contributed by atoms with Gasteiger partial charge in [0.1, 0.15) is 0 Å². The number of hydrogen-bond acceptors (Lipinski definition) is 3. The van der Waals surface area contributed by atoms with E-state index in [9.17, 15) is 4.79 Å². The number of nitrogens with zero attached hydrogens (tertiary/aromatic N) is 1. The monoisotopic (exact) mass is 396 g/mol. The molecule has 0 radical (unpaired) electrons. The number of amides is 1. The van der Waals surface area contributed by atoms with Crippen molar-refractivity contribution in [2.75, 3.05) is 18.0 Å². The average Bonchev–Trinajstić information content (AvgIpc) is 2.73. The molecular weight excluding hydrogens is 364 g/mol. The van der Waals surface area contributed by atoms with E-state index in [4.69, 9.17) is 0 Å². The van der Waals surface area contributed by atoms with Crippen LogP contribution in [0.25, 0.3) is 0 Å². The third kappa shape index (κ3) is 5.78. The van der Waals surface area contributed by atoms with Crippen LogP contribution in [0.1, 0.15) is 50.8 Å². The molecule has 3 rings (SSSR count). The summed E-state index contributed by atoms with van der Waals surface area (Å²) >= 11 is 1.68. The van der Waals surface area contributed by atoms with Gasteiger partial charge in [0.05, 0.1) is 11.3 Å². The van der Waals surface area contributed by atoms with Gasteiger partial charge in [-0.15, -0.1) is 11.8 Å². The Bertz CT molecular complexity index is 739. The van der Waals surface area contributed by atoms with Crippen LogP contribution in [0.3, 0.4) is 0 Å². The van der Waals surface area contributed by atoms with Crippen LogP contribution in [0.5, 0.6) is 0 Å². The van der Waals surface area contributed by atoms with Crippen molar-refractivity contribution in [1.82, 2.24) is 5.32 Å². The van der Waals surface area contributed by atoms with E-state index in [-0.39, 0.29) is 17.2 Å². The van der Waals surface area contributed by atoms with Gasteiger partial charge >= 0.3 is 0 Å². The second-order valence-electron chi connectivity index (χ2n) is 7.93. The standard InChI is InChI=1S/C24H32N2OS/c1-18-13-15-26(16-14-18)23-11-9-22(10-12-23)19(2)25-24(27)20(3)28-17-21-7-5-4-6-8-21/h4-12,18-20H,13-17H2,1-3H3,(H,25,27). The molecule has 2 aromatic rings. The number of hydrogen-bond donors (Lipinski definition) is 1. The predicted molar refractivity (Wildman–Crippen MR) is 121 cm³/mol. The zero-order valence-corrected chi connectivity index (χ0v) is 18.0. The van der Waals surface area contributed by atoms with Crippen LogP contribution >= 0.6 is 11.8 Å². The minimum atomic E-state index is -0.0720. The van der Waals surface area contributed by atoms with Crippen molar-refractivity contribution < 1.29 is 4.79 Å². The highest BCUT2D eigenvalue weighted by atomic mass is 32.2. The molecule has 4 heteroatoms. The number of benzene rings is 2. The lowest BCUT2D eigenvalue weighted by Crippen LogP contribution is -2.33. The highest BCUT2D eigenvalue weighted by Crippen LogP contribution is 2.25. The van der Waals surface area contributed by atoms with E-state index < -0.39 is 0 Å². The van der Waals surface area contributed by atoms with Gasteiger partial charge in [0.2, 0.25) is 5.91 Å². The number of rotatable bonds is 7. The average molecular weight is 397 g/mol. The molecule has 1 aliphatic heterocycles. The minimum Gasteiger partial charge on any atom is -0.372 e. The SMILES string of the molecule is CC1CCN(c2ccc(C(C)NC(=O)C(C)SCc3ccccc3)cc2)CC1. The van der Waals surface area contributed by atoms with Crippen molar-refractivity contribution in [1.29, 1.82) is 0 Å². The van der Waals surface area contributed by atoms with Crippen molar-refractivity contribution >= 4 is 23.4 Å². The zero-order valence-electron chi connectivity index (χ0n) is 17.2. The summed E-state index contributed by atoms with van der Waals surface area (Å²) in [5.41, 5.74) is 3.70. The van der Waals surface area contributed by atoms with E-state index in [1.807, 2.05) is 25.1 Å². The first-order chi connectivity index (χ1) is 13.5. The van der Waals surface area contributed by atoms with E-state index in [0.717, 1.165) is 30.3 Å². The molecule has 28 heavy (non-hydrogen) atoms. The molecule has 1 saturated heterocycles. The lowest BCUT2D eigenvalue weighted by atomic mass is 9.98. The Morgan fingerprint density at radius 2 is 1.71 bits per heavy atom. The van der Waals surface area contributed by atoms with Gasteiger partial charge < -0.3 is 10.2 Å². The second kappa shape index (κ2) is 10.0. The van der Waals surface area contributed by atoms with Gasteiger partial charge in [-0.2, -0.15) is 0 Å². The fraction of sp³-hybridized carbons (Fsp3) is 0.458. The molecule has 0 aromatic heterocycles. The molecule has 3 nitrogen and oxygen atoms in total. The topological polar surface area (TPSA) is 32.3 Å². The van der Waals surface area contributed by atoms with Gasteiger partial charge in [-0.05, 0) is 55.9 Å². The summed E-state index contributed by atoms with van der Waals surface area (Å²) in [5.74, 6) is 1.79. The largest absolute Gasteiger partial charge is 0.372 e. The molecule has 1 fully saturated rings. The van der Waals surface area contributed by atoms with Crippen LogP contribution in [0.4, 0.5) is 5.69 Å². The van der Waals surface area contributed by atoms with Gasteiger partial charge in [-0.1, -0.05) is 49.4 Å². The molecule has 0 spiro atoms. The molecule has 1 amide bonds. The van der Waals surface area contributed by atoms with Crippen LogP contribution < -0.4 is 10.2 Å². The summed E-state index contributed by atoms with van der Waals surface area (Å²) in [5, 5.41) is 3.09. The number of carbonyl (C=O) groups excluding carboxylic acids is 1. The first kappa shape index (κ1) is 20.8. The van der Waals surface area contributed by atoms with E-state index in [1.54, 1.807) is 11.8 Å². The Morgan fingerprint density at radius 1 is 1.07 bits per heavy atom. The van der Waals surface area contributed by atoms with Gasteiger partial charge in [-0.25, -0.2) is 0 Å². The first-order valence-electron chi connectivity index (χ1n) is 10.3. The molecule has 0 aliphatic carbocycles. The number of piperidine rings is 1. The Kier molecular flexibility index (Phi) is 7.43. The maximum absolute atomic E-state index is 12.6. The fourth-order valence-corrected chi connectivity index (χ4v) is 4.38. The Labute approximate surface area is 173 Å². The molecule has 2 aromatic carbocycles. The number of nitrogens with one attached hydrogen (secondary N) is 1. The van der Waals surface area contributed by atoms with Gasteiger partial charge in [0.15, 0.2) is 0 Å². The van der Waals surface area contributed by atoms with Crippen LogP contribution in [-0.2, 0) is 10.5 Å². The summed E-state index contributed by atoms with van der Waals surface area (Å²) < 4.78 is 0. The van der Waals surface area contributed by atoms with Crippen molar-refractivity contribution in [3.63, 3.8) is 0 Å². The lowest BCUT2D eigenvalue weighted by Gasteiger charge is -2.32. The maximum atomic E-state index is 12.6. The minimum absolute atomic E-state index is 0.0164. The van der Waals surface area contributed by atoms with Crippen molar-refractivity contribution in [2.45, 2.75) is 50.7 Å². The first-order valence-corrected chi connectivity index (χ1v) is 11.4. The van der Waals surface area contributed by atoms with Crippen molar-refractivity contribution in [2.24, 2.45) is 5.92 Å². The Morgan fingerprint density at radius 3 is 2.36 bits per heavy atom.